The average molecular weight is 301 g/mol. The third-order valence-electron chi connectivity index (χ3n) is 3.15. The van der Waals surface area contributed by atoms with Gasteiger partial charge in [0.15, 0.2) is 0 Å². The van der Waals surface area contributed by atoms with Gasteiger partial charge in [0, 0.05) is 4.90 Å². The second-order valence-corrected chi connectivity index (χ2v) is 5.65. The predicted octanol–water partition coefficient (Wildman–Crippen LogP) is 3.32. The van der Waals surface area contributed by atoms with Crippen molar-refractivity contribution in [1.82, 2.24) is 0 Å². The maximum absolute atomic E-state index is 11.3. The smallest absolute Gasteiger partial charge is 0.234 e. The summed E-state index contributed by atoms with van der Waals surface area (Å²) in [7, 11) is 1.65. The van der Waals surface area contributed by atoms with Gasteiger partial charge >= 0.3 is 0 Å². The second kappa shape index (κ2) is 6.10. The highest BCUT2D eigenvalue weighted by molar-refractivity contribution is 8.00. The van der Waals surface area contributed by atoms with Crippen LogP contribution < -0.4 is 14.8 Å². The van der Waals surface area contributed by atoms with Gasteiger partial charge in [0.1, 0.15) is 18.1 Å². The van der Waals surface area contributed by atoms with Crippen LogP contribution in [-0.2, 0) is 11.4 Å². The number of ether oxygens (including phenoxy) is 2. The fourth-order valence-electron chi connectivity index (χ4n) is 2.03. The molecular weight excluding hydrogens is 286 g/mol. The van der Waals surface area contributed by atoms with Crippen molar-refractivity contribution >= 4 is 23.4 Å². The predicted molar refractivity (Wildman–Crippen MR) is 83.1 cm³/mol. The van der Waals surface area contributed by atoms with Crippen molar-refractivity contribution in [1.29, 1.82) is 0 Å². The van der Waals surface area contributed by atoms with E-state index in [2.05, 4.69) is 5.32 Å². The molecule has 2 aromatic carbocycles. The molecule has 4 nitrogen and oxygen atoms in total. The molecule has 108 valence electrons. The fraction of sp³-hybridized carbons (Fsp3) is 0.188. The molecule has 0 unspecified atom stereocenters. The van der Waals surface area contributed by atoms with Crippen LogP contribution >= 0.6 is 11.8 Å². The van der Waals surface area contributed by atoms with E-state index in [9.17, 15) is 4.79 Å². The van der Waals surface area contributed by atoms with Crippen molar-refractivity contribution < 1.29 is 14.3 Å². The number of fused-ring (bicyclic) bond motifs is 1. The summed E-state index contributed by atoms with van der Waals surface area (Å²) in [5.41, 5.74) is 1.93. The first-order valence-electron chi connectivity index (χ1n) is 6.57. The zero-order chi connectivity index (χ0) is 14.7. The van der Waals surface area contributed by atoms with E-state index in [-0.39, 0.29) is 5.91 Å². The summed E-state index contributed by atoms with van der Waals surface area (Å²) in [5.74, 6) is 2.13. The van der Waals surface area contributed by atoms with Crippen molar-refractivity contribution in [3.63, 3.8) is 0 Å². The third kappa shape index (κ3) is 3.31. The molecule has 1 N–H and O–H groups in total. The average Bonchev–Trinajstić information content (AvgIpc) is 2.53. The van der Waals surface area contributed by atoms with Crippen LogP contribution in [0.1, 0.15) is 5.56 Å². The van der Waals surface area contributed by atoms with E-state index in [0.717, 1.165) is 27.6 Å². The maximum atomic E-state index is 11.3. The lowest BCUT2D eigenvalue weighted by Crippen LogP contribution is -2.18. The van der Waals surface area contributed by atoms with Gasteiger partial charge in [0.2, 0.25) is 5.91 Å². The number of hydrogen-bond acceptors (Lipinski definition) is 4. The summed E-state index contributed by atoms with van der Waals surface area (Å²) >= 11 is 1.53. The molecule has 2 aromatic rings. The molecule has 0 radical (unpaired) electrons. The van der Waals surface area contributed by atoms with Crippen LogP contribution in [-0.4, -0.2) is 18.8 Å². The molecule has 0 bridgehead atoms. The van der Waals surface area contributed by atoms with Gasteiger partial charge in [-0.3, -0.25) is 4.79 Å². The molecule has 3 rings (SSSR count). The number of nitrogens with one attached hydrogen (secondary N) is 1. The highest BCUT2D eigenvalue weighted by atomic mass is 32.2. The monoisotopic (exact) mass is 301 g/mol. The largest absolute Gasteiger partial charge is 0.497 e. The van der Waals surface area contributed by atoms with Gasteiger partial charge in [0.05, 0.1) is 18.6 Å². The minimum Gasteiger partial charge on any atom is -0.497 e. The summed E-state index contributed by atoms with van der Waals surface area (Å²) in [6, 6.07) is 13.5. The Bertz CT molecular complexity index is 655. The molecule has 0 atom stereocenters. The van der Waals surface area contributed by atoms with Crippen LogP contribution in [0.2, 0.25) is 0 Å². The number of carbonyl (C=O) groups excluding carboxylic acids is 1. The van der Waals surface area contributed by atoms with Gasteiger partial charge in [0.25, 0.3) is 0 Å². The first-order valence-corrected chi connectivity index (χ1v) is 7.55. The summed E-state index contributed by atoms with van der Waals surface area (Å²) in [4.78, 5) is 12.3. The quantitative estimate of drug-likeness (QED) is 0.941. The zero-order valence-corrected chi connectivity index (χ0v) is 12.4. The lowest BCUT2D eigenvalue weighted by atomic mass is 10.2. The van der Waals surface area contributed by atoms with E-state index in [0.29, 0.717) is 12.4 Å². The van der Waals surface area contributed by atoms with Gasteiger partial charge in [-0.25, -0.2) is 0 Å². The first-order chi connectivity index (χ1) is 10.2. The molecule has 1 amide bonds. The topological polar surface area (TPSA) is 47.6 Å². The number of anilines is 1. The van der Waals surface area contributed by atoms with Gasteiger partial charge in [-0.1, -0.05) is 12.1 Å². The third-order valence-corrected chi connectivity index (χ3v) is 4.21. The molecule has 0 saturated carbocycles. The Labute approximate surface area is 127 Å². The molecule has 1 aliphatic heterocycles. The Kier molecular flexibility index (Phi) is 4.01. The summed E-state index contributed by atoms with van der Waals surface area (Å²) in [5, 5.41) is 2.84. The van der Waals surface area contributed by atoms with Gasteiger partial charge in [-0.05, 0) is 35.9 Å². The van der Waals surface area contributed by atoms with E-state index >= 15 is 0 Å². The van der Waals surface area contributed by atoms with Gasteiger partial charge in [-0.15, -0.1) is 11.8 Å². The zero-order valence-electron chi connectivity index (χ0n) is 11.6. The molecule has 0 fully saturated rings. The number of carbonyl (C=O) groups is 1. The molecule has 0 aliphatic carbocycles. The lowest BCUT2D eigenvalue weighted by Gasteiger charge is -2.17. The lowest BCUT2D eigenvalue weighted by molar-refractivity contribution is -0.113. The summed E-state index contributed by atoms with van der Waals surface area (Å²) in [6.07, 6.45) is 0. The molecule has 1 heterocycles. The Morgan fingerprint density at radius 1 is 1.14 bits per heavy atom. The van der Waals surface area contributed by atoms with E-state index in [1.54, 1.807) is 7.11 Å². The minimum atomic E-state index is 0.0411. The molecular formula is C16H15NO3S. The Hall–Kier alpha value is -2.14. The van der Waals surface area contributed by atoms with Crippen LogP contribution in [0, 0.1) is 0 Å². The standard InChI is InChI=1S/C16H15NO3S/c1-19-12-4-2-11(3-5-12)9-20-13-6-7-14-15(8-13)21-10-16(18)17-14/h2-8H,9-10H2,1H3,(H,17,18). The van der Waals surface area contributed by atoms with Gasteiger partial charge < -0.3 is 14.8 Å². The normalized spacial score (nSPS) is 13.3. The van der Waals surface area contributed by atoms with E-state index in [1.807, 2.05) is 42.5 Å². The molecule has 1 aliphatic rings. The van der Waals surface area contributed by atoms with Crippen LogP contribution in [0.25, 0.3) is 0 Å². The molecule has 5 heteroatoms. The Morgan fingerprint density at radius 3 is 2.67 bits per heavy atom. The first kappa shape index (κ1) is 13.8. The Balaban J connectivity index is 1.66. The van der Waals surface area contributed by atoms with Gasteiger partial charge in [-0.2, -0.15) is 0 Å². The minimum absolute atomic E-state index is 0.0411. The number of rotatable bonds is 4. The van der Waals surface area contributed by atoms with Crippen LogP contribution in [0.5, 0.6) is 11.5 Å². The van der Waals surface area contributed by atoms with E-state index in [1.165, 1.54) is 11.8 Å². The van der Waals surface area contributed by atoms with Crippen LogP contribution in [0.3, 0.4) is 0 Å². The van der Waals surface area contributed by atoms with Crippen molar-refractivity contribution in [2.75, 3.05) is 18.2 Å². The van der Waals surface area contributed by atoms with Crippen molar-refractivity contribution in [2.24, 2.45) is 0 Å². The Morgan fingerprint density at radius 2 is 1.90 bits per heavy atom. The highest BCUT2D eigenvalue weighted by Gasteiger charge is 2.15. The summed E-state index contributed by atoms with van der Waals surface area (Å²) < 4.78 is 10.9. The highest BCUT2D eigenvalue weighted by Crippen LogP contribution is 2.34. The van der Waals surface area contributed by atoms with E-state index < -0.39 is 0 Å². The molecule has 0 spiro atoms. The number of thioether (sulfide) groups is 1. The van der Waals surface area contributed by atoms with Crippen molar-refractivity contribution in [3.8, 4) is 11.5 Å². The number of methoxy groups -OCH3 is 1. The molecule has 0 aromatic heterocycles. The molecule has 21 heavy (non-hydrogen) atoms. The van der Waals surface area contributed by atoms with Crippen LogP contribution in [0.15, 0.2) is 47.4 Å². The number of hydrogen-bond donors (Lipinski definition) is 1. The number of amides is 1. The SMILES string of the molecule is COc1ccc(COc2ccc3c(c2)SCC(=O)N3)cc1. The van der Waals surface area contributed by atoms with E-state index in [4.69, 9.17) is 9.47 Å². The summed E-state index contributed by atoms with van der Waals surface area (Å²) in [6.45, 7) is 0.500. The van der Waals surface area contributed by atoms with Crippen molar-refractivity contribution in [2.45, 2.75) is 11.5 Å². The maximum Gasteiger partial charge on any atom is 0.234 e. The van der Waals surface area contributed by atoms with Crippen molar-refractivity contribution in [3.05, 3.63) is 48.0 Å². The molecule has 0 saturated heterocycles. The fourth-order valence-corrected chi connectivity index (χ4v) is 2.87. The second-order valence-electron chi connectivity index (χ2n) is 4.63. The van der Waals surface area contributed by atoms with Crippen LogP contribution in [0.4, 0.5) is 5.69 Å². The number of benzene rings is 2.